The topological polar surface area (TPSA) is 76.4 Å². The summed E-state index contributed by atoms with van der Waals surface area (Å²) in [6, 6.07) is 7.56. The molecule has 0 bridgehead atoms. The van der Waals surface area contributed by atoms with Gasteiger partial charge in [0.25, 0.3) is 0 Å². The molecule has 1 unspecified atom stereocenters. The van der Waals surface area contributed by atoms with E-state index < -0.39 is 29.0 Å². The van der Waals surface area contributed by atoms with Gasteiger partial charge in [-0.05, 0) is 31.2 Å². The summed E-state index contributed by atoms with van der Waals surface area (Å²) in [7, 11) is 0. The highest BCUT2D eigenvalue weighted by molar-refractivity contribution is 5.93. The van der Waals surface area contributed by atoms with Crippen molar-refractivity contribution in [3.8, 4) is 0 Å². The number of hydrogen-bond acceptors (Lipinski definition) is 4. The normalized spacial score (nSPS) is 20.3. The number of nitrogens with one attached hydrogen (secondary N) is 1. The van der Waals surface area contributed by atoms with Gasteiger partial charge in [-0.2, -0.15) is 13.2 Å². The zero-order valence-electron chi connectivity index (χ0n) is 14.0. The first-order valence-electron chi connectivity index (χ1n) is 7.78. The summed E-state index contributed by atoms with van der Waals surface area (Å²) in [6.07, 6.45) is -4.69. The van der Waals surface area contributed by atoms with E-state index in [1.165, 1.54) is 31.2 Å². The van der Waals surface area contributed by atoms with E-state index in [1.54, 1.807) is 0 Å². The third-order valence-electron chi connectivity index (χ3n) is 4.18. The maximum absolute atomic E-state index is 14.4. The number of nitrogens with zero attached hydrogens (tertiary/aromatic N) is 1. The van der Waals surface area contributed by atoms with Gasteiger partial charge >= 0.3 is 6.18 Å². The monoisotopic (exact) mass is 382 g/mol. The van der Waals surface area contributed by atoms with E-state index in [2.05, 4.69) is 10.3 Å². The van der Waals surface area contributed by atoms with Crippen LogP contribution < -0.4 is 16.8 Å². The SMILES string of the molecule is CC1=NC(N)(c2ccccc2F)C(N)=C(c2ccc(C(F)(F)F)cc2F)N1. The molecule has 0 saturated carbocycles. The lowest BCUT2D eigenvalue weighted by Gasteiger charge is -2.34. The number of amidine groups is 1. The largest absolute Gasteiger partial charge is 0.416 e. The van der Waals surface area contributed by atoms with Gasteiger partial charge < -0.3 is 11.1 Å². The van der Waals surface area contributed by atoms with Crippen LogP contribution in [0.4, 0.5) is 22.0 Å². The van der Waals surface area contributed by atoms with E-state index >= 15 is 0 Å². The third kappa shape index (κ3) is 3.25. The van der Waals surface area contributed by atoms with Crippen LogP contribution in [0.5, 0.6) is 0 Å². The number of halogens is 5. The Morgan fingerprint density at radius 2 is 1.70 bits per heavy atom. The Morgan fingerprint density at radius 3 is 2.30 bits per heavy atom. The van der Waals surface area contributed by atoms with Crippen LogP contribution in [0.2, 0.25) is 0 Å². The van der Waals surface area contributed by atoms with Crippen molar-refractivity contribution in [1.82, 2.24) is 5.32 Å². The number of rotatable bonds is 2. The van der Waals surface area contributed by atoms with Crippen molar-refractivity contribution in [3.05, 3.63) is 76.5 Å². The van der Waals surface area contributed by atoms with Crippen molar-refractivity contribution >= 4 is 11.5 Å². The van der Waals surface area contributed by atoms with E-state index in [4.69, 9.17) is 11.5 Å². The van der Waals surface area contributed by atoms with Crippen LogP contribution >= 0.6 is 0 Å². The van der Waals surface area contributed by atoms with Gasteiger partial charge in [0, 0.05) is 11.1 Å². The molecular formula is C18H15F5N4. The zero-order chi connectivity index (χ0) is 20.0. The summed E-state index contributed by atoms with van der Waals surface area (Å²) >= 11 is 0. The molecule has 2 aromatic rings. The molecule has 3 rings (SSSR count). The maximum atomic E-state index is 14.4. The molecule has 0 aromatic heterocycles. The molecule has 4 nitrogen and oxygen atoms in total. The standard InChI is InChI=1S/C18H15F5N4/c1-9-26-15(11-7-6-10(8-14(11)20)18(21,22)23)16(24)17(25,27-9)12-4-2-3-5-13(12)19/h2-8H,24-25H2,1H3,(H,26,27). The summed E-state index contributed by atoms with van der Waals surface area (Å²) < 4.78 is 67.0. The van der Waals surface area contributed by atoms with Crippen LogP contribution in [0.3, 0.4) is 0 Å². The summed E-state index contributed by atoms with van der Waals surface area (Å²) in [5, 5.41) is 2.71. The van der Waals surface area contributed by atoms with E-state index in [-0.39, 0.29) is 28.4 Å². The van der Waals surface area contributed by atoms with Crippen LogP contribution in [-0.2, 0) is 11.8 Å². The minimum Gasteiger partial charge on any atom is -0.397 e. The van der Waals surface area contributed by atoms with Crippen LogP contribution in [-0.4, -0.2) is 5.84 Å². The fourth-order valence-electron chi connectivity index (χ4n) is 2.87. The Morgan fingerprint density at radius 1 is 1.04 bits per heavy atom. The van der Waals surface area contributed by atoms with Gasteiger partial charge in [-0.1, -0.05) is 18.2 Å². The molecule has 0 saturated heterocycles. The molecule has 0 aliphatic carbocycles. The Kier molecular flexibility index (Phi) is 4.43. The van der Waals surface area contributed by atoms with Crippen LogP contribution in [0.1, 0.15) is 23.6 Å². The quantitative estimate of drug-likeness (QED) is 0.697. The average Bonchev–Trinajstić information content (AvgIpc) is 2.58. The lowest BCUT2D eigenvalue weighted by Crippen LogP contribution is -2.48. The van der Waals surface area contributed by atoms with Crippen molar-refractivity contribution in [1.29, 1.82) is 0 Å². The van der Waals surface area contributed by atoms with Crippen molar-refractivity contribution in [2.45, 2.75) is 18.8 Å². The van der Waals surface area contributed by atoms with Crippen molar-refractivity contribution in [3.63, 3.8) is 0 Å². The molecule has 0 spiro atoms. The molecule has 27 heavy (non-hydrogen) atoms. The van der Waals surface area contributed by atoms with E-state index in [0.717, 1.165) is 12.1 Å². The Hall–Kier alpha value is -2.94. The first kappa shape index (κ1) is 18.8. The molecular weight excluding hydrogens is 367 g/mol. The molecule has 142 valence electrons. The summed E-state index contributed by atoms with van der Waals surface area (Å²) in [6.45, 7) is 1.50. The van der Waals surface area contributed by atoms with Crippen molar-refractivity contribution in [2.24, 2.45) is 16.5 Å². The Balaban J connectivity index is 2.18. The van der Waals surface area contributed by atoms with Gasteiger partial charge in [0.15, 0.2) is 5.66 Å². The second kappa shape index (κ2) is 6.34. The molecule has 0 fully saturated rings. The lowest BCUT2D eigenvalue weighted by atomic mass is 9.92. The molecule has 2 aromatic carbocycles. The second-order valence-corrected chi connectivity index (χ2v) is 6.05. The predicted molar refractivity (Wildman–Crippen MR) is 91.0 cm³/mol. The van der Waals surface area contributed by atoms with Crippen LogP contribution in [0.15, 0.2) is 53.2 Å². The van der Waals surface area contributed by atoms with E-state index in [1.807, 2.05) is 0 Å². The molecule has 0 amide bonds. The zero-order valence-corrected chi connectivity index (χ0v) is 14.0. The van der Waals surface area contributed by atoms with Crippen molar-refractivity contribution in [2.75, 3.05) is 0 Å². The average molecular weight is 382 g/mol. The number of benzene rings is 2. The first-order valence-corrected chi connectivity index (χ1v) is 7.78. The highest BCUT2D eigenvalue weighted by atomic mass is 19.4. The maximum Gasteiger partial charge on any atom is 0.416 e. The highest BCUT2D eigenvalue weighted by Gasteiger charge is 2.39. The van der Waals surface area contributed by atoms with E-state index in [9.17, 15) is 22.0 Å². The molecule has 1 aliphatic heterocycles. The van der Waals surface area contributed by atoms with Gasteiger partial charge in [0.05, 0.1) is 17.0 Å². The molecule has 1 heterocycles. The summed E-state index contributed by atoms with van der Waals surface area (Å²) in [4.78, 5) is 4.15. The number of aliphatic imine (C=N–C) groups is 1. The molecule has 1 aliphatic rings. The smallest absolute Gasteiger partial charge is 0.397 e. The van der Waals surface area contributed by atoms with Crippen LogP contribution in [0, 0.1) is 11.6 Å². The lowest BCUT2D eigenvalue weighted by molar-refractivity contribution is -0.137. The van der Waals surface area contributed by atoms with Gasteiger partial charge in [0.2, 0.25) is 0 Å². The van der Waals surface area contributed by atoms with Gasteiger partial charge in [-0.3, -0.25) is 5.73 Å². The van der Waals surface area contributed by atoms with Crippen LogP contribution in [0.25, 0.3) is 5.70 Å². The summed E-state index contributed by atoms with van der Waals surface area (Å²) in [5.74, 6) is -1.63. The van der Waals surface area contributed by atoms with Gasteiger partial charge in [-0.15, -0.1) is 0 Å². The van der Waals surface area contributed by atoms with E-state index in [0.29, 0.717) is 6.07 Å². The number of hydrogen-bond donors (Lipinski definition) is 3. The second-order valence-electron chi connectivity index (χ2n) is 6.05. The third-order valence-corrected chi connectivity index (χ3v) is 4.18. The Bertz CT molecular complexity index is 964. The van der Waals surface area contributed by atoms with Crippen molar-refractivity contribution < 1.29 is 22.0 Å². The predicted octanol–water partition coefficient (Wildman–Crippen LogP) is 3.44. The fraction of sp³-hybridized carbons (Fsp3) is 0.167. The van der Waals surface area contributed by atoms with Gasteiger partial charge in [0.1, 0.15) is 17.5 Å². The molecule has 0 radical (unpaired) electrons. The number of alkyl halides is 3. The molecule has 1 atom stereocenters. The minimum absolute atomic E-state index is 0.0480. The molecule has 5 N–H and O–H groups in total. The fourth-order valence-corrected chi connectivity index (χ4v) is 2.87. The highest BCUT2D eigenvalue weighted by Crippen LogP contribution is 2.36. The number of nitrogens with two attached hydrogens (primary N) is 2. The Labute approximate surface area is 151 Å². The summed E-state index contributed by atoms with van der Waals surface area (Å²) in [5.41, 5.74) is 8.75. The van der Waals surface area contributed by atoms with Gasteiger partial charge in [-0.25, -0.2) is 13.8 Å². The molecule has 9 heteroatoms. The minimum atomic E-state index is -4.69. The first-order chi connectivity index (χ1) is 12.5.